The molecule has 0 unspecified atom stereocenters. The predicted molar refractivity (Wildman–Crippen MR) is 78.7 cm³/mol. The van der Waals surface area contributed by atoms with Crippen LogP contribution in [0.25, 0.3) is 0 Å². The van der Waals surface area contributed by atoms with Crippen molar-refractivity contribution < 1.29 is 18.3 Å². The van der Waals surface area contributed by atoms with E-state index in [4.69, 9.17) is 5.11 Å². The number of carboxylic acid groups (broad SMARTS) is 1. The highest BCUT2D eigenvalue weighted by Crippen LogP contribution is 2.25. The first-order chi connectivity index (χ1) is 9.62. The minimum Gasteiger partial charge on any atom is -0.480 e. The molecule has 1 aromatic heterocycles. The molecule has 0 atom stereocenters. The lowest BCUT2D eigenvalue weighted by atomic mass is 10.4. The Hall–Kier alpha value is -1.41. The molecule has 0 aliphatic heterocycles. The summed E-state index contributed by atoms with van der Waals surface area (Å²) >= 11 is 0. The van der Waals surface area contributed by atoms with E-state index in [1.807, 2.05) is 20.8 Å². The van der Waals surface area contributed by atoms with Crippen molar-refractivity contribution in [1.29, 1.82) is 0 Å². The summed E-state index contributed by atoms with van der Waals surface area (Å²) in [6, 6.07) is -0.170. The van der Waals surface area contributed by atoms with Gasteiger partial charge in [-0.15, -0.1) is 0 Å². The van der Waals surface area contributed by atoms with Gasteiger partial charge in [0, 0.05) is 12.6 Å². The van der Waals surface area contributed by atoms with Crippen LogP contribution in [0.4, 0.5) is 0 Å². The molecule has 1 aromatic rings. The molecule has 21 heavy (non-hydrogen) atoms. The van der Waals surface area contributed by atoms with E-state index in [1.54, 1.807) is 13.8 Å². The van der Waals surface area contributed by atoms with Gasteiger partial charge < -0.3 is 5.11 Å². The predicted octanol–water partition coefficient (Wildman–Crippen LogP) is 1.39. The van der Waals surface area contributed by atoms with Crippen LogP contribution in [0.5, 0.6) is 0 Å². The van der Waals surface area contributed by atoms with Crippen LogP contribution < -0.4 is 0 Å². The van der Waals surface area contributed by atoms with E-state index in [9.17, 15) is 13.2 Å². The third kappa shape index (κ3) is 3.62. The number of nitrogens with zero attached hydrogens (tertiary/aromatic N) is 3. The minimum absolute atomic E-state index is 0.117. The second-order valence-corrected chi connectivity index (χ2v) is 7.09. The summed E-state index contributed by atoms with van der Waals surface area (Å²) in [5, 5.41) is 12.9. The first-order valence-electron chi connectivity index (χ1n) is 6.90. The van der Waals surface area contributed by atoms with Crippen LogP contribution in [-0.2, 0) is 21.4 Å². The van der Waals surface area contributed by atoms with Gasteiger partial charge >= 0.3 is 5.97 Å². The highest BCUT2D eigenvalue weighted by molar-refractivity contribution is 7.89. The van der Waals surface area contributed by atoms with E-state index >= 15 is 0 Å². The lowest BCUT2D eigenvalue weighted by Gasteiger charge is -2.25. The topological polar surface area (TPSA) is 92.5 Å². The molecule has 1 rings (SSSR count). The zero-order valence-electron chi connectivity index (χ0n) is 13.1. The summed E-state index contributed by atoms with van der Waals surface area (Å²) in [5.41, 5.74) is 0.687. The fourth-order valence-electron chi connectivity index (χ4n) is 2.33. The fraction of sp³-hybridized carbons (Fsp3) is 0.692. The third-order valence-corrected chi connectivity index (χ3v) is 5.52. The average molecular weight is 317 g/mol. The van der Waals surface area contributed by atoms with Gasteiger partial charge in [0.25, 0.3) is 0 Å². The van der Waals surface area contributed by atoms with Crippen molar-refractivity contribution in [2.45, 2.75) is 58.5 Å². The smallest absolute Gasteiger partial charge is 0.325 e. The van der Waals surface area contributed by atoms with Gasteiger partial charge in [-0.05, 0) is 34.1 Å². The maximum Gasteiger partial charge on any atom is 0.325 e. The largest absolute Gasteiger partial charge is 0.480 e. The molecule has 0 saturated heterocycles. The Bertz CT molecular complexity index is 620. The average Bonchev–Trinajstić information content (AvgIpc) is 2.60. The maximum absolute atomic E-state index is 12.8. The zero-order chi connectivity index (χ0) is 16.4. The number of carbonyl (C=O) groups is 1. The summed E-state index contributed by atoms with van der Waals surface area (Å²) in [4.78, 5) is 10.9. The highest BCUT2D eigenvalue weighted by atomic mass is 32.2. The van der Waals surface area contributed by atoms with E-state index in [1.165, 1.54) is 8.99 Å². The van der Waals surface area contributed by atoms with E-state index in [2.05, 4.69) is 5.10 Å². The van der Waals surface area contributed by atoms with Gasteiger partial charge in [-0.1, -0.05) is 6.92 Å². The molecular formula is C13H23N3O4S. The van der Waals surface area contributed by atoms with Crippen molar-refractivity contribution in [3.8, 4) is 0 Å². The molecule has 0 fully saturated rings. The van der Waals surface area contributed by atoms with Gasteiger partial charge in [-0.25, -0.2) is 8.42 Å². The number of sulfonamides is 1. The highest BCUT2D eigenvalue weighted by Gasteiger charge is 2.32. The normalized spacial score (nSPS) is 12.3. The summed E-state index contributed by atoms with van der Waals surface area (Å²) in [5.74, 6) is -1.06. The van der Waals surface area contributed by atoms with Crippen LogP contribution in [0.1, 0.15) is 38.6 Å². The lowest BCUT2D eigenvalue weighted by Crippen LogP contribution is -2.38. The molecule has 8 heteroatoms. The van der Waals surface area contributed by atoms with E-state index < -0.39 is 16.0 Å². The van der Waals surface area contributed by atoms with Crippen LogP contribution in [-0.4, -0.2) is 46.2 Å². The molecule has 0 aliphatic carbocycles. The lowest BCUT2D eigenvalue weighted by molar-refractivity contribution is -0.137. The van der Waals surface area contributed by atoms with Crippen molar-refractivity contribution in [2.75, 3.05) is 6.54 Å². The van der Waals surface area contributed by atoms with Crippen LogP contribution >= 0.6 is 0 Å². The number of hydrogen-bond acceptors (Lipinski definition) is 4. The molecule has 0 bridgehead atoms. The Balaban J connectivity index is 3.37. The summed E-state index contributed by atoms with van der Waals surface area (Å²) < 4.78 is 28.3. The summed E-state index contributed by atoms with van der Waals surface area (Å²) in [6.45, 7) is 8.79. The third-order valence-electron chi connectivity index (χ3n) is 3.19. The van der Waals surface area contributed by atoms with Crippen molar-refractivity contribution >= 4 is 16.0 Å². The molecule has 0 radical (unpaired) electrons. The van der Waals surface area contributed by atoms with Gasteiger partial charge in [-0.3, -0.25) is 9.48 Å². The van der Waals surface area contributed by atoms with E-state index in [-0.39, 0.29) is 17.5 Å². The maximum atomic E-state index is 12.8. The number of rotatable bonds is 7. The summed E-state index contributed by atoms with van der Waals surface area (Å²) in [6.07, 6.45) is 0.707. The van der Waals surface area contributed by atoms with Gasteiger partial charge in [0.1, 0.15) is 11.4 Å². The quantitative estimate of drug-likeness (QED) is 0.820. The summed E-state index contributed by atoms with van der Waals surface area (Å²) in [7, 11) is -3.68. The Kier molecular flexibility index (Phi) is 5.52. The second-order valence-electron chi connectivity index (χ2n) is 5.26. The van der Waals surface area contributed by atoms with Crippen molar-refractivity contribution in [1.82, 2.24) is 14.1 Å². The number of aromatic nitrogens is 2. The molecule has 0 aliphatic rings. The minimum atomic E-state index is -3.68. The van der Waals surface area contributed by atoms with E-state index in [0.29, 0.717) is 24.4 Å². The van der Waals surface area contributed by atoms with Crippen molar-refractivity contribution in [3.63, 3.8) is 0 Å². The van der Waals surface area contributed by atoms with Crippen LogP contribution in [0.2, 0.25) is 0 Å². The SMILES string of the molecule is CCCN(C(C)C)S(=O)(=O)c1c(C)nn(CC(=O)O)c1C. The number of carboxylic acids is 1. The number of aryl methyl sites for hydroxylation is 1. The van der Waals surface area contributed by atoms with Gasteiger partial charge in [0.2, 0.25) is 10.0 Å². The molecule has 0 amide bonds. The van der Waals surface area contributed by atoms with Crippen molar-refractivity contribution in [2.24, 2.45) is 0 Å². The molecule has 0 aromatic carbocycles. The van der Waals surface area contributed by atoms with Crippen LogP contribution in [0.15, 0.2) is 4.90 Å². The molecule has 1 N–H and O–H groups in total. The number of hydrogen-bond donors (Lipinski definition) is 1. The monoisotopic (exact) mass is 317 g/mol. The first kappa shape index (κ1) is 17.6. The Morgan fingerprint density at radius 1 is 1.38 bits per heavy atom. The van der Waals surface area contributed by atoms with Crippen LogP contribution in [0.3, 0.4) is 0 Å². The standard InChI is InChI=1S/C13H23N3O4S/c1-6-7-16(9(2)3)21(19,20)13-10(4)14-15(11(13)5)8-12(17)18/h9H,6-8H2,1-5H3,(H,17,18). The van der Waals surface area contributed by atoms with Crippen LogP contribution in [0, 0.1) is 13.8 Å². The molecule has 0 spiro atoms. The number of aliphatic carboxylic acids is 1. The van der Waals surface area contributed by atoms with E-state index in [0.717, 1.165) is 0 Å². The van der Waals surface area contributed by atoms with Crippen molar-refractivity contribution in [3.05, 3.63) is 11.4 Å². The Labute approximate surface area is 125 Å². The fourth-order valence-corrected chi connectivity index (χ4v) is 4.43. The molecular weight excluding hydrogens is 294 g/mol. The molecule has 0 saturated carbocycles. The Morgan fingerprint density at radius 2 is 1.95 bits per heavy atom. The Morgan fingerprint density at radius 3 is 2.38 bits per heavy atom. The van der Waals surface area contributed by atoms with Gasteiger partial charge in [-0.2, -0.15) is 9.40 Å². The molecule has 1 heterocycles. The zero-order valence-corrected chi connectivity index (χ0v) is 13.9. The molecule has 120 valence electrons. The molecule has 7 nitrogen and oxygen atoms in total. The van der Waals surface area contributed by atoms with Gasteiger partial charge in [0.15, 0.2) is 0 Å². The second kappa shape index (κ2) is 6.57. The van der Waals surface area contributed by atoms with Gasteiger partial charge in [0.05, 0.1) is 11.4 Å². The first-order valence-corrected chi connectivity index (χ1v) is 8.34.